The maximum Gasteiger partial charge on any atom is 0.327 e. The highest BCUT2D eigenvalue weighted by atomic mass is 32.2. The number of aromatic nitrogens is 2. The third kappa shape index (κ3) is 4.27. The van der Waals surface area contributed by atoms with Crippen LogP contribution in [0.25, 0.3) is 0 Å². The molecule has 0 aromatic carbocycles. The van der Waals surface area contributed by atoms with Crippen LogP contribution in [0.4, 0.5) is 16.2 Å². The lowest BCUT2D eigenvalue weighted by atomic mass is 9.99. The molecule has 182 valence electrons. The van der Waals surface area contributed by atoms with Gasteiger partial charge in [0, 0.05) is 35.7 Å². The van der Waals surface area contributed by atoms with Gasteiger partial charge in [0.15, 0.2) is 0 Å². The van der Waals surface area contributed by atoms with Crippen molar-refractivity contribution in [3.63, 3.8) is 0 Å². The molecule has 10 heteroatoms. The normalized spacial score (nSPS) is 24.7. The second kappa shape index (κ2) is 9.33. The van der Waals surface area contributed by atoms with E-state index in [0.29, 0.717) is 0 Å². The summed E-state index contributed by atoms with van der Waals surface area (Å²) in [5.74, 6) is -0.199. The average Bonchev–Trinajstić information content (AvgIpc) is 3.44. The molecule has 4 heterocycles. The van der Waals surface area contributed by atoms with E-state index in [4.69, 9.17) is 0 Å². The van der Waals surface area contributed by atoms with Crippen LogP contribution in [0.2, 0.25) is 0 Å². The molecule has 0 saturated heterocycles. The molecule has 3 aliphatic rings. The fourth-order valence-electron chi connectivity index (χ4n) is 4.98. The van der Waals surface area contributed by atoms with E-state index in [1.807, 2.05) is 18.2 Å². The van der Waals surface area contributed by atoms with Crippen LogP contribution >= 0.6 is 11.8 Å². The molecule has 2 unspecified atom stereocenters. The highest BCUT2D eigenvalue weighted by Crippen LogP contribution is 2.50. The summed E-state index contributed by atoms with van der Waals surface area (Å²) in [6.45, 7) is 7.61. The van der Waals surface area contributed by atoms with E-state index in [-0.39, 0.29) is 35.8 Å². The topological polar surface area (TPSA) is 116 Å². The molecule has 2 aliphatic heterocycles. The largest absolute Gasteiger partial charge is 0.350 e. The molecular weight excluding hydrogens is 464 g/mol. The van der Waals surface area contributed by atoms with Crippen molar-refractivity contribution in [2.24, 2.45) is 0 Å². The Balaban J connectivity index is 1.40. The molecule has 2 aromatic heterocycles. The van der Waals surface area contributed by atoms with Crippen LogP contribution in [-0.4, -0.2) is 45.1 Å². The van der Waals surface area contributed by atoms with Gasteiger partial charge in [-0.1, -0.05) is 32.2 Å². The third-order valence-corrected chi connectivity index (χ3v) is 8.02. The van der Waals surface area contributed by atoms with Crippen LogP contribution in [0.1, 0.15) is 56.3 Å². The average molecular weight is 493 g/mol. The minimum atomic E-state index is -0.551. The Labute approximate surface area is 208 Å². The number of hydrogen-bond donors (Lipinski definition) is 3. The third-order valence-electron chi connectivity index (χ3n) is 6.74. The first kappa shape index (κ1) is 23.3. The van der Waals surface area contributed by atoms with Crippen molar-refractivity contribution >= 4 is 41.0 Å². The first-order valence-corrected chi connectivity index (χ1v) is 12.7. The zero-order valence-corrected chi connectivity index (χ0v) is 20.5. The Morgan fingerprint density at radius 3 is 2.69 bits per heavy atom. The van der Waals surface area contributed by atoms with Crippen LogP contribution in [-0.2, 0) is 9.59 Å². The number of urea groups is 1. The van der Waals surface area contributed by atoms with Crippen LogP contribution in [0.15, 0.2) is 48.3 Å². The Kier molecular flexibility index (Phi) is 6.22. The molecule has 3 N–H and O–H groups in total. The molecule has 4 amide bonds. The summed E-state index contributed by atoms with van der Waals surface area (Å²) in [4.78, 5) is 49.0. The van der Waals surface area contributed by atoms with Gasteiger partial charge >= 0.3 is 6.03 Å². The monoisotopic (exact) mass is 492 g/mol. The zero-order chi connectivity index (χ0) is 24.7. The fraction of sp³-hybridized carbons (Fsp3) is 0.400. The molecule has 1 aliphatic carbocycles. The molecule has 1 saturated carbocycles. The molecule has 35 heavy (non-hydrogen) atoms. The molecule has 4 atom stereocenters. The lowest BCUT2D eigenvalue weighted by Gasteiger charge is -2.34. The van der Waals surface area contributed by atoms with Gasteiger partial charge in [0.25, 0.3) is 0 Å². The van der Waals surface area contributed by atoms with Gasteiger partial charge in [-0.2, -0.15) is 0 Å². The van der Waals surface area contributed by atoms with Crippen LogP contribution in [0.5, 0.6) is 0 Å². The van der Waals surface area contributed by atoms with Gasteiger partial charge in [0.2, 0.25) is 11.8 Å². The summed E-state index contributed by atoms with van der Waals surface area (Å²) in [6.07, 6.45) is 7.12. The van der Waals surface area contributed by atoms with E-state index in [9.17, 15) is 14.4 Å². The maximum absolute atomic E-state index is 13.4. The number of rotatable bonds is 6. The van der Waals surface area contributed by atoms with Crippen molar-refractivity contribution in [1.82, 2.24) is 25.9 Å². The molecule has 2 aromatic rings. The van der Waals surface area contributed by atoms with Crippen LogP contribution in [0.3, 0.4) is 0 Å². The quantitative estimate of drug-likeness (QED) is 0.533. The summed E-state index contributed by atoms with van der Waals surface area (Å²) in [5, 5.41) is 9.24. The predicted octanol–water partition coefficient (Wildman–Crippen LogP) is 3.32. The molecule has 0 radical (unpaired) electrons. The van der Waals surface area contributed by atoms with Crippen molar-refractivity contribution in [2.45, 2.75) is 67.4 Å². The predicted molar refractivity (Wildman–Crippen MR) is 134 cm³/mol. The van der Waals surface area contributed by atoms with Gasteiger partial charge in [0.1, 0.15) is 10.3 Å². The van der Waals surface area contributed by atoms with Crippen LogP contribution in [0, 0.1) is 0 Å². The van der Waals surface area contributed by atoms with Crippen molar-refractivity contribution in [2.75, 3.05) is 4.90 Å². The number of nitrogens with zero attached hydrogens (tertiary/aromatic N) is 3. The highest BCUT2D eigenvalue weighted by molar-refractivity contribution is 8.01. The van der Waals surface area contributed by atoms with Crippen molar-refractivity contribution < 1.29 is 14.4 Å². The van der Waals surface area contributed by atoms with Crippen LogP contribution < -0.4 is 20.9 Å². The van der Waals surface area contributed by atoms with Crippen molar-refractivity contribution in [3.05, 3.63) is 54.5 Å². The lowest BCUT2D eigenvalue weighted by molar-refractivity contribution is -0.122. The van der Waals surface area contributed by atoms with E-state index >= 15 is 0 Å². The van der Waals surface area contributed by atoms with Gasteiger partial charge in [-0.05, 0) is 49.5 Å². The van der Waals surface area contributed by atoms with Crippen molar-refractivity contribution in [1.29, 1.82) is 0 Å². The molecule has 0 bridgehead atoms. The number of amides is 4. The van der Waals surface area contributed by atoms with E-state index < -0.39 is 11.3 Å². The molecule has 1 fully saturated rings. The summed E-state index contributed by atoms with van der Waals surface area (Å²) in [7, 11) is 0. The van der Waals surface area contributed by atoms with E-state index in [0.717, 1.165) is 46.9 Å². The van der Waals surface area contributed by atoms with Gasteiger partial charge < -0.3 is 16.0 Å². The summed E-state index contributed by atoms with van der Waals surface area (Å²) in [5.41, 5.74) is 3.19. The fourth-order valence-corrected chi connectivity index (χ4v) is 6.22. The second-order valence-electron chi connectivity index (χ2n) is 9.31. The smallest absolute Gasteiger partial charge is 0.327 e. The number of carbonyl (C=O) groups is 3. The van der Waals surface area contributed by atoms with E-state index in [2.05, 4.69) is 46.3 Å². The Hall–Kier alpha value is -3.40. The number of pyridine rings is 2. The molecule has 5 rings (SSSR count). The summed E-state index contributed by atoms with van der Waals surface area (Å²) < 4.78 is 0. The molecule has 9 nitrogen and oxygen atoms in total. The molecular formula is C25H28N6O3S. The first-order valence-electron chi connectivity index (χ1n) is 11.8. The Morgan fingerprint density at radius 1 is 1.20 bits per heavy atom. The Morgan fingerprint density at radius 2 is 1.94 bits per heavy atom. The van der Waals surface area contributed by atoms with Gasteiger partial charge in [-0.3, -0.25) is 19.5 Å². The Bertz CT molecular complexity index is 1200. The SMILES string of the molecule is C=CC(=O)N[C@H]1CCC[C@H]1NC(=O)C1Sc2nccc3c2C1NC(=O)N3c1ccnc(C(C)C)c1. The van der Waals surface area contributed by atoms with Gasteiger partial charge in [-0.15, -0.1) is 0 Å². The number of hydrogen-bond acceptors (Lipinski definition) is 6. The highest BCUT2D eigenvalue weighted by Gasteiger charge is 2.47. The van der Waals surface area contributed by atoms with E-state index in [1.54, 1.807) is 17.3 Å². The lowest BCUT2D eigenvalue weighted by Crippen LogP contribution is -2.53. The summed E-state index contributed by atoms with van der Waals surface area (Å²) in [6, 6.07) is 4.47. The second-order valence-corrected chi connectivity index (χ2v) is 10.4. The molecule has 0 spiro atoms. The standard InChI is InChI=1S/C25H28N6O3S/c1-4-19(32)28-15-6-5-7-16(15)29-23(33)22-21-20-18(9-11-27-24(20)35-22)31(25(34)30-21)14-8-10-26-17(12-14)13(2)3/h4,8-13,15-16,21-22H,1,5-7H2,2-3H3,(H,28,32)(H,29,33)(H,30,34)/t15-,16+,21?,22?/m0/s1. The minimum Gasteiger partial charge on any atom is -0.350 e. The maximum atomic E-state index is 13.4. The zero-order valence-electron chi connectivity index (χ0n) is 19.7. The number of carbonyl (C=O) groups excluding carboxylic acids is 3. The van der Waals surface area contributed by atoms with Gasteiger partial charge in [0.05, 0.1) is 17.4 Å². The number of nitrogens with one attached hydrogen (secondary N) is 3. The van der Waals surface area contributed by atoms with Gasteiger partial charge in [-0.25, -0.2) is 9.78 Å². The minimum absolute atomic E-state index is 0.134. The summed E-state index contributed by atoms with van der Waals surface area (Å²) >= 11 is 1.36. The number of thioether (sulfide) groups is 1. The first-order chi connectivity index (χ1) is 16.9. The number of anilines is 2. The van der Waals surface area contributed by atoms with Crippen molar-refractivity contribution in [3.8, 4) is 0 Å². The van der Waals surface area contributed by atoms with E-state index in [1.165, 1.54) is 17.8 Å².